The number of anilines is 1. The maximum absolute atomic E-state index is 5.83. The zero-order valence-corrected chi connectivity index (χ0v) is 14.9. The number of halogens is 1. The molecule has 1 fully saturated rings. The van der Waals surface area contributed by atoms with Crippen molar-refractivity contribution in [1.29, 1.82) is 0 Å². The van der Waals surface area contributed by atoms with Gasteiger partial charge in [-0.25, -0.2) is 4.99 Å². The third kappa shape index (κ3) is 5.95. The van der Waals surface area contributed by atoms with Gasteiger partial charge in [-0.2, -0.15) is 0 Å². The van der Waals surface area contributed by atoms with Crippen LogP contribution in [0.2, 0.25) is 0 Å². The quantitative estimate of drug-likeness (QED) is 0.346. The molecule has 3 N–H and O–H groups in total. The molecule has 0 bridgehead atoms. The molecule has 1 unspecified atom stereocenters. The van der Waals surface area contributed by atoms with E-state index in [1.54, 1.807) is 0 Å². The predicted octanol–water partition coefficient (Wildman–Crippen LogP) is 2.61. The van der Waals surface area contributed by atoms with Crippen LogP contribution in [0.15, 0.2) is 47.5 Å². The zero-order chi connectivity index (χ0) is 14.4. The van der Waals surface area contributed by atoms with E-state index in [1.165, 1.54) is 12.1 Å². The van der Waals surface area contributed by atoms with Crippen molar-refractivity contribution in [2.45, 2.75) is 13.3 Å². The zero-order valence-electron chi connectivity index (χ0n) is 12.6. The highest BCUT2D eigenvalue weighted by molar-refractivity contribution is 14.0. The predicted molar refractivity (Wildman–Crippen MR) is 101 cm³/mol. The van der Waals surface area contributed by atoms with E-state index < -0.39 is 0 Å². The summed E-state index contributed by atoms with van der Waals surface area (Å²) >= 11 is 0. The fourth-order valence-electron chi connectivity index (χ4n) is 2.40. The van der Waals surface area contributed by atoms with Crippen LogP contribution in [0.5, 0.6) is 0 Å². The lowest BCUT2D eigenvalue weighted by molar-refractivity contribution is 0.570. The largest absolute Gasteiger partial charge is 0.371 e. The summed E-state index contributed by atoms with van der Waals surface area (Å²) in [6, 6.07) is 10.6. The molecule has 1 atom stereocenters. The van der Waals surface area contributed by atoms with E-state index in [9.17, 15) is 0 Å². The lowest BCUT2D eigenvalue weighted by Crippen LogP contribution is -2.36. The highest BCUT2D eigenvalue weighted by atomic mass is 127. The monoisotopic (exact) mass is 400 g/mol. The van der Waals surface area contributed by atoms with E-state index in [-0.39, 0.29) is 24.0 Å². The van der Waals surface area contributed by atoms with Crippen LogP contribution in [-0.4, -0.2) is 32.1 Å². The number of hydrogen-bond donors (Lipinski definition) is 2. The molecule has 0 spiro atoms. The first-order chi connectivity index (χ1) is 9.65. The van der Waals surface area contributed by atoms with Crippen LogP contribution in [0.3, 0.4) is 0 Å². The van der Waals surface area contributed by atoms with Gasteiger partial charge in [-0.05, 0) is 31.4 Å². The van der Waals surface area contributed by atoms with Crippen molar-refractivity contribution in [3.63, 3.8) is 0 Å². The molecular weight excluding hydrogens is 375 g/mol. The van der Waals surface area contributed by atoms with Crippen molar-refractivity contribution < 1.29 is 0 Å². The first-order valence-corrected chi connectivity index (χ1v) is 7.13. The highest BCUT2D eigenvalue weighted by Gasteiger charge is 2.22. The summed E-state index contributed by atoms with van der Waals surface area (Å²) in [7, 11) is 0. The van der Waals surface area contributed by atoms with Gasteiger partial charge in [-0.15, -0.1) is 24.0 Å². The molecule has 21 heavy (non-hydrogen) atoms. The van der Waals surface area contributed by atoms with Crippen molar-refractivity contribution in [1.82, 2.24) is 5.32 Å². The minimum absolute atomic E-state index is 0. The van der Waals surface area contributed by atoms with Gasteiger partial charge in [0.1, 0.15) is 0 Å². The topological polar surface area (TPSA) is 53.6 Å². The number of benzene rings is 1. The molecule has 2 rings (SSSR count). The van der Waals surface area contributed by atoms with Crippen molar-refractivity contribution >= 4 is 35.6 Å². The lowest BCUT2D eigenvalue weighted by Gasteiger charge is -2.18. The summed E-state index contributed by atoms with van der Waals surface area (Å²) in [6.07, 6.45) is 1.19. The summed E-state index contributed by atoms with van der Waals surface area (Å²) in [5, 5.41) is 3.21. The van der Waals surface area contributed by atoms with Gasteiger partial charge in [0, 0.05) is 25.3 Å². The Morgan fingerprint density at radius 2 is 2.14 bits per heavy atom. The molecule has 1 aromatic rings. The Bertz CT molecular complexity index is 472. The summed E-state index contributed by atoms with van der Waals surface area (Å²) < 4.78 is 0. The summed E-state index contributed by atoms with van der Waals surface area (Å²) in [5.74, 6) is 1.14. The number of guanidine groups is 1. The summed E-state index contributed by atoms with van der Waals surface area (Å²) in [5.41, 5.74) is 8.15. The molecule has 1 aliphatic rings. The van der Waals surface area contributed by atoms with Crippen LogP contribution < -0.4 is 16.0 Å². The first-order valence-electron chi connectivity index (χ1n) is 7.13. The van der Waals surface area contributed by atoms with Crippen LogP contribution in [0.25, 0.3) is 0 Å². The molecule has 0 radical (unpaired) electrons. The average molecular weight is 400 g/mol. The Morgan fingerprint density at radius 3 is 2.81 bits per heavy atom. The summed E-state index contributed by atoms with van der Waals surface area (Å²) in [6.45, 7) is 9.43. The van der Waals surface area contributed by atoms with Crippen LogP contribution in [0.4, 0.5) is 5.69 Å². The van der Waals surface area contributed by atoms with Gasteiger partial charge in [0.15, 0.2) is 5.96 Å². The number of nitrogens with zero attached hydrogens (tertiary/aromatic N) is 2. The SMILES string of the molecule is C=C(C)CN=C(N)NCC1CCN(c2ccccc2)C1.I. The number of nitrogens with one attached hydrogen (secondary N) is 1. The van der Waals surface area contributed by atoms with Gasteiger partial charge in [0.05, 0.1) is 6.54 Å². The molecular formula is C16H25IN4. The molecule has 1 aliphatic heterocycles. The van der Waals surface area contributed by atoms with E-state index in [0.29, 0.717) is 18.4 Å². The number of rotatable bonds is 5. The van der Waals surface area contributed by atoms with Gasteiger partial charge >= 0.3 is 0 Å². The first kappa shape index (κ1) is 17.8. The highest BCUT2D eigenvalue weighted by Crippen LogP contribution is 2.22. The summed E-state index contributed by atoms with van der Waals surface area (Å²) in [4.78, 5) is 6.66. The Kier molecular flexibility index (Phi) is 7.56. The molecule has 116 valence electrons. The molecule has 4 nitrogen and oxygen atoms in total. The molecule has 1 saturated heterocycles. The van der Waals surface area contributed by atoms with Gasteiger partial charge < -0.3 is 16.0 Å². The van der Waals surface area contributed by atoms with E-state index in [4.69, 9.17) is 5.73 Å². The maximum atomic E-state index is 5.83. The van der Waals surface area contributed by atoms with E-state index in [1.807, 2.05) is 6.92 Å². The van der Waals surface area contributed by atoms with Crippen molar-refractivity contribution in [3.05, 3.63) is 42.5 Å². The normalized spacial score (nSPS) is 18.2. The standard InChI is InChI=1S/C16H24N4.HI/c1-13(2)10-18-16(17)19-11-14-8-9-20(12-14)15-6-4-3-5-7-15;/h3-7,14H,1,8-12H2,2H3,(H3,17,18,19);1H. The number of para-hydroxylation sites is 1. The van der Waals surface area contributed by atoms with Crippen molar-refractivity contribution in [2.75, 3.05) is 31.1 Å². The molecule has 1 aromatic carbocycles. The number of nitrogens with two attached hydrogens (primary N) is 1. The molecule has 0 saturated carbocycles. The molecule has 1 heterocycles. The second-order valence-corrected chi connectivity index (χ2v) is 5.48. The van der Waals surface area contributed by atoms with Gasteiger partial charge in [0.25, 0.3) is 0 Å². The fraction of sp³-hybridized carbons (Fsp3) is 0.438. The van der Waals surface area contributed by atoms with Crippen molar-refractivity contribution in [3.8, 4) is 0 Å². The van der Waals surface area contributed by atoms with Crippen LogP contribution in [0.1, 0.15) is 13.3 Å². The van der Waals surface area contributed by atoms with Gasteiger partial charge in [-0.1, -0.05) is 30.4 Å². The molecule has 0 aliphatic carbocycles. The van der Waals surface area contributed by atoms with Crippen LogP contribution in [0, 0.1) is 5.92 Å². The van der Waals surface area contributed by atoms with Crippen LogP contribution in [-0.2, 0) is 0 Å². The van der Waals surface area contributed by atoms with Gasteiger partial charge in [0.2, 0.25) is 0 Å². The third-order valence-electron chi connectivity index (χ3n) is 3.50. The smallest absolute Gasteiger partial charge is 0.188 e. The molecule has 5 heteroatoms. The third-order valence-corrected chi connectivity index (χ3v) is 3.50. The lowest BCUT2D eigenvalue weighted by atomic mass is 10.1. The average Bonchev–Trinajstić information content (AvgIpc) is 2.93. The van der Waals surface area contributed by atoms with E-state index in [2.05, 4.69) is 52.1 Å². The Labute approximate surface area is 144 Å². The maximum Gasteiger partial charge on any atom is 0.188 e. The number of hydrogen-bond acceptors (Lipinski definition) is 2. The Balaban J connectivity index is 0.00000220. The van der Waals surface area contributed by atoms with E-state index in [0.717, 1.165) is 25.2 Å². The minimum Gasteiger partial charge on any atom is -0.371 e. The minimum atomic E-state index is 0. The molecule has 0 amide bonds. The fourth-order valence-corrected chi connectivity index (χ4v) is 2.40. The van der Waals surface area contributed by atoms with E-state index >= 15 is 0 Å². The number of aliphatic imine (C=N–C) groups is 1. The van der Waals surface area contributed by atoms with Gasteiger partial charge in [-0.3, -0.25) is 0 Å². The van der Waals surface area contributed by atoms with Crippen LogP contribution >= 0.6 is 24.0 Å². The second-order valence-electron chi connectivity index (χ2n) is 5.48. The molecule has 0 aromatic heterocycles. The van der Waals surface area contributed by atoms with Crippen molar-refractivity contribution in [2.24, 2.45) is 16.6 Å². The second kappa shape index (κ2) is 8.92. The Hall–Kier alpha value is -1.24. The Morgan fingerprint density at radius 1 is 1.43 bits per heavy atom.